The number of carbonyl (C=O) groups excluding carboxylic acids is 1. The summed E-state index contributed by atoms with van der Waals surface area (Å²) in [6.45, 7) is 12.9. The molecule has 5 heteroatoms. The van der Waals surface area contributed by atoms with E-state index >= 15 is 0 Å². The number of aliphatic hydroxyl groups excluding tert-OH is 4. The molecule has 4 fully saturated rings. The van der Waals surface area contributed by atoms with Crippen LogP contribution in [-0.4, -0.2) is 50.6 Å². The lowest BCUT2D eigenvalue weighted by atomic mass is 9.44. The molecule has 4 saturated carbocycles. The number of ketones is 1. The average molecular weight is 465 g/mol. The molecule has 33 heavy (non-hydrogen) atoms. The second-order valence-electron chi connectivity index (χ2n) is 13.4. The maximum absolute atomic E-state index is 13.3. The van der Waals surface area contributed by atoms with Crippen molar-refractivity contribution >= 4 is 5.78 Å². The third kappa shape index (κ3) is 3.93. The highest BCUT2D eigenvalue weighted by molar-refractivity contribution is 5.83. The first-order chi connectivity index (χ1) is 15.3. The Hall–Kier alpha value is -0.490. The van der Waals surface area contributed by atoms with Crippen molar-refractivity contribution in [3.05, 3.63) is 0 Å². The minimum Gasteiger partial charge on any atom is -0.390 e. The van der Waals surface area contributed by atoms with Crippen molar-refractivity contribution in [3.63, 3.8) is 0 Å². The minimum atomic E-state index is -0.782. The van der Waals surface area contributed by atoms with Crippen LogP contribution in [0.1, 0.15) is 86.5 Å². The molecule has 0 spiro atoms. The van der Waals surface area contributed by atoms with E-state index in [0.717, 1.165) is 25.7 Å². The minimum absolute atomic E-state index is 0.0158. The molecule has 13 atom stereocenters. The second-order valence-corrected chi connectivity index (χ2v) is 13.4. The Morgan fingerprint density at radius 3 is 2.15 bits per heavy atom. The lowest BCUT2D eigenvalue weighted by Crippen LogP contribution is -2.59. The van der Waals surface area contributed by atoms with Crippen molar-refractivity contribution in [2.45, 2.75) is 111 Å². The summed E-state index contributed by atoms with van der Waals surface area (Å²) in [5.41, 5.74) is -0.162. The Morgan fingerprint density at radius 2 is 1.52 bits per heavy atom. The molecule has 4 aliphatic carbocycles. The molecule has 0 aromatic carbocycles. The summed E-state index contributed by atoms with van der Waals surface area (Å²) in [6.07, 6.45) is 2.80. The number of hydrogen-bond acceptors (Lipinski definition) is 5. The highest BCUT2D eigenvalue weighted by Crippen LogP contribution is 2.67. The Bertz CT molecular complexity index is 738. The summed E-state index contributed by atoms with van der Waals surface area (Å²) in [7, 11) is 0. The predicted molar refractivity (Wildman–Crippen MR) is 128 cm³/mol. The van der Waals surface area contributed by atoms with E-state index in [9.17, 15) is 25.2 Å². The zero-order valence-corrected chi connectivity index (χ0v) is 21.6. The number of hydrogen-bond donors (Lipinski definition) is 4. The van der Waals surface area contributed by atoms with Crippen molar-refractivity contribution in [1.82, 2.24) is 0 Å². The molecule has 0 saturated heterocycles. The number of Topliss-reactive ketones (excluding diaryl/α,β-unsaturated/α-hetero) is 1. The standard InChI is InChI=1S/C28H48O5/c1-14(2)15(3)25(32)26(33)16(4)18-7-8-19-17-11-22(29)21-12-23(30)24(31)13-28(21,6)20(17)9-10-27(18,19)5/h14-21,23-26,30-33H,7-13H2,1-6H3/t15?,16-,17-,18+,19-,20-,21?,23?,24?,25?,26?,27+,28+/m0/s1. The van der Waals surface area contributed by atoms with Gasteiger partial charge in [-0.3, -0.25) is 4.79 Å². The molecular formula is C28H48O5. The van der Waals surface area contributed by atoms with Crippen molar-refractivity contribution in [2.24, 2.45) is 58.2 Å². The van der Waals surface area contributed by atoms with Crippen LogP contribution in [0.4, 0.5) is 0 Å². The maximum atomic E-state index is 13.3. The summed E-state index contributed by atoms with van der Waals surface area (Å²) in [4.78, 5) is 13.3. The van der Waals surface area contributed by atoms with Crippen molar-refractivity contribution in [2.75, 3.05) is 0 Å². The summed E-state index contributed by atoms with van der Waals surface area (Å²) in [5.74, 6) is 2.05. The van der Waals surface area contributed by atoms with Crippen LogP contribution in [0, 0.1) is 58.2 Å². The van der Waals surface area contributed by atoms with E-state index in [4.69, 9.17) is 0 Å². The zero-order chi connectivity index (χ0) is 24.5. The fraction of sp³-hybridized carbons (Fsp3) is 0.964. The summed E-state index contributed by atoms with van der Waals surface area (Å²) < 4.78 is 0. The van der Waals surface area contributed by atoms with Gasteiger partial charge < -0.3 is 20.4 Å². The Kier molecular flexibility index (Phi) is 6.88. The fourth-order valence-corrected chi connectivity index (χ4v) is 9.23. The highest BCUT2D eigenvalue weighted by atomic mass is 16.3. The molecule has 4 N–H and O–H groups in total. The first-order valence-corrected chi connectivity index (χ1v) is 13.6. The van der Waals surface area contributed by atoms with Gasteiger partial charge in [0.15, 0.2) is 0 Å². The first kappa shape index (κ1) is 25.6. The Morgan fingerprint density at radius 1 is 0.879 bits per heavy atom. The van der Waals surface area contributed by atoms with Crippen LogP contribution in [0.5, 0.6) is 0 Å². The summed E-state index contributed by atoms with van der Waals surface area (Å²) in [5, 5.41) is 42.8. The van der Waals surface area contributed by atoms with E-state index < -0.39 is 24.4 Å². The molecule has 0 amide bonds. The van der Waals surface area contributed by atoms with Gasteiger partial charge in [0.05, 0.1) is 24.4 Å². The molecule has 5 nitrogen and oxygen atoms in total. The quantitative estimate of drug-likeness (QED) is 0.496. The molecule has 4 rings (SSSR count). The smallest absolute Gasteiger partial charge is 0.136 e. The van der Waals surface area contributed by atoms with Gasteiger partial charge in [0.25, 0.3) is 0 Å². The van der Waals surface area contributed by atoms with Crippen LogP contribution in [0.25, 0.3) is 0 Å². The SMILES string of the molecule is CC(C)C(C)C(O)C(O)[C@@H](C)[C@H]1CC[C@H]2[C@@H]3CC(=O)C4CC(O)C(O)C[C@]4(C)[C@H]3CC[C@]12C. The molecule has 0 aromatic rings. The van der Waals surface area contributed by atoms with Crippen LogP contribution in [0.2, 0.25) is 0 Å². The van der Waals surface area contributed by atoms with Gasteiger partial charge >= 0.3 is 0 Å². The van der Waals surface area contributed by atoms with Crippen LogP contribution in [0.15, 0.2) is 0 Å². The van der Waals surface area contributed by atoms with Crippen molar-refractivity contribution < 1.29 is 25.2 Å². The van der Waals surface area contributed by atoms with Crippen LogP contribution in [-0.2, 0) is 4.79 Å². The van der Waals surface area contributed by atoms with Gasteiger partial charge in [-0.2, -0.15) is 0 Å². The van der Waals surface area contributed by atoms with Crippen LogP contribution < -0.4 is 0 Å². The van der Waals surface area contributed by atoms with Gasteiger partial charge in [-0.1, -0.05) is 41.5 Å². The molecule has 0 aromatic heterocycles. The highest BCUT2D eigenvalue weighted by Gasteiger charge is 2.63. The summed E-state index contributed by atoms with van der Waals surface area (Å²) >= 11 is 0. The average Bonchev–Trinajstić information content (AvgIpc) is 3.10. The molecule has 0 aliphatic heterocycles. The van der Waals surface area contributed by atoms with Crippen molar-refractivity contribution in [3.8, 4) is 0 Å². The van der Waals surface area contributed by atoms with Gasteiger partial charge in [-0.15, -0.1) is 0 Å². The van der Waals surface area contributed by atoms with Crippen LogP contribution in [0.3, 0.4) is 0 Å². The molecule has 6 unspecified atom stereocenters. The fourth-order valence-electron chi connectivity index (χ4n) is 9.23. The topological polar surface area (TPSA) is 98.0 Å². The number of rotatable bonds is 5. The van der Waals surface area contributed by atoms with E-state index in [1.807, 2.05) is 6.92 Å². The van der Waals surface area contributed by atoms with E-state index in [1.165, 1.54) is 0 Å². The van der Waals surface area contributed by atoms with Crippen LogP contribution >= 0.6 is 0 Å². The Balaban J connectivity index is 1.56. The molecule has 0 heterocycles. The van der Waals surface area contributed by atoms with Gasteiger partial charge in [0.2, 0.25) is 0 Å². The third-order valence-corrected chi connectivity index (χ3v) is 11.7. The van der Waals surface area contributed by atoms with Gasteiger partial charge in [-0.25, -0.2) is 0 Å². The molecule has 4 aliphatic rings. The lowest BCUT2D eigenvalue weighted by Gasteiger charge is -2.61. The molecule has 0 radical (unpaired) electrons. The normalized spacial score (nSPS) is 49.1. The molecule has 0 bridgehead atoms. The predicted octanol–water partition coefficient (Wildman–Crippen LogP) is 3.81. The molecular weight excluding hydrogens is 416 g/mol. The van der Waals surface area contributed by atoms with E-state index in [2.05, 4.69) is 34.6 Å². The van der Waals surface area contributed by atoms with E-state index in [1.54, 1.807) is 0 Å². The number of aliphatic hydroxyl groups is 4. The number of fused-ring (bicyclic) bond motifs is 5. The monoisotopic (exact) mass is 464 g/mol. The summed E-state index contributed by atoms with van der Waals surface area (Å²) in [6, 6.07) is 0. The zero-order valence-electron chi connectivity index (χ0n) is 21.6. The largest absolute Gasteiger partial charge is 0.390 e. The van der Waals surface area contributed by atoms with Crippen molar-refractivity contribution in [1.29, 1.82) is 0 Å². The van der Waals surface area contributed by atoms with E-state index in [0.29, 0.717) is 48.9 Å². The second kappa shape index (κ2) is 8.87. The molecule has 190 valence electrons. The lowest BCUT2D eigenvalue weighted by molar-refractivity contribution is -0.175. The maximum Gasteiger partial charge on any atom is 0.136 e. The number of carbonyl (C=O) groups is 1. The third-order valence-electron chi connectivity index (χ3n) is 11.7. The first-order valence-electron chi connectivity index (χ1n) is 13.6. The van der Waals surface area contributed by atoms with Gasteiger partial charge in [0, 0.05) is 12.3 Å². The van der Waals surface area contributed by atoms with E-state index in [-0.39, 0.29) is 34.4 Å². The van der Waals surface area contributed by atoms with Gasteiger partial charge in [-0.05, 0) is 90.8 Å². The van der Waals surface area contributed by atoms with Gasteiger partial charge in [0.1, 0.15) is 5.78 Å². The Labute approximate surface area is 200 Å².